The first-order chi connectivity index (χ1) is 10.3. The molecule has 0 saturated carbocycles. The molecule has 2 rings (SSSR count). The van der Waals surface area contributed by atoms with Crippen molar-refractivity contribution >= 4 is 27.3 Å². The van der Waals surface area contributed by atoms with Gasteiger partial charge in [0, 0.05) is 12.8 Å². The molecule has 0 radical (unpaired) electrons. The van der Waals surface area contributed by atoms with E-state index in [0.29, 0.717) is 6.54 Å². The van der Waals surface area contributed by atoms with E-state index in [1.807, 2.05) is 31.2 Å². The van der Waals surface area contributed by atoms with Gasteiger partial charge in [-0.1, -0.05) is 41.4 Å². The van der Waals surface area contributed by atoms with Gasteiger partial charge >= 0.3 is 0 Å². The summed E-state index contributed by atoms with van der Waals surface area (Å²) in [7, 11) is -3.39. The molecule has 4 nitrogen and oxygen atoms in total. The third kappa shape index (κ3) is 4.08. The number of carbonyl (C=O) groups is 1. The van der Waals surface area contributed by atoms with Crippen LogP contribution in [-0.4, -0.2) is 20.6 Å². The van der Waals surface area contributed by atoms with Gasteiger partial charge in [0.25, 0.3) is 5.91 Å². The molecule has 0 bridgehead atoms. The molecule has 6 heteroatoms. The highest BCUT2D eigenvalue weighted by molar-refractivity contribution is 7.90. The van der Waals surface area contributed by atoms with Crippen molar-refractivity contribution in [2.45, 2.75) is 18.4 Å². The van der Waals surface area contributed by atoms with E-state index >= 15 is 0 Å². The van der Waals surface area contributed by atoms with Gasteiger partial charge in [-0.3, -0.25) is 4.79 Å². The zero-order valence-corrected chi connectivity index (χ0v) is 13.8. The lowest BCUT2D eigenvalue weighted by Crippen LogP contribution is -2.23. The summed E-state index contributed by atoms with van der Waals surface area (Å²) in [5, 5.41) is 2.95. The highest BCUT2D eigenvalue weighted by Crippen LogP contribution is 2.20. The van der Waals surface area contributed by atoms with Crippen LogP contribution in [0, 0.1) is 6.92 Å². The van der Waals surface area contributed by atoms with Gasteiger partial charge in [-0.2, -0.15) is 0 Å². The van der Waals surface area contributed by atoms with Crippen LogP contribution in [0.1, 0.15) is 21.5 Å². The SMILES string of the molecule is Cc1ccc(CNC(=O)c2cc(S(C)(=O)=O)ccc2Cl)cc1. The van der Waals surface area contributed by atoms with Crippen LogP contribution in [0.3, 0.4) is 0 Å². The van der Waals surface area contributed by atoms with Gasteiger partial charge in [0.05, 0.1) is 15.5 Å². The Balaban J connectivity index is 2.17. The normalized spacial score (nSPS) is 11.2. The highest BCUT2D eigenvalue weighted by Gasteiger charge is 2.15. The summed E-state index contributed by atoms with van der Waals surface area (Å²) in [6.07, 6.45) is 1.09. The minimum atomic E-state index is -3.39. The predicted molar refractivity (Wildman–Crippen MR) is 86.9 cm³/mol. The molecule has 0 spiro atoms. The van der Waals surface area contributed by atoms with E-state index in [9.17, 15) is 13.2 Å². The first-order valence-electron chi connectivity index (χ1n) is 6.61. The van der Waals surface area contributed by atoms with Gasteiger partial charge < -0.3 is 5.32 Å². The molecule has 0 aliphatic heterocycles. The molecule has 0 saturated heterocycles. The van der Waals surface area contributed by atoms with Crippen molar-refractivity contribution in [3.8, 4) is 0 Å². The second kappa shape index (κ2) is 6.50. The maximum Gasteiger partial charge on any atom is 0.253 e. The number of hydrogen-bond acceptors (Lipinski definition) is 3. The third-order valence-corrected chi connectivity index (χ3v) is 4.62. The lowest BCUT2D eigenvalue weighted by atomic mass is 10.1. The first-order valence-corrected chi connectivity index (χ1v) is 8.87. The molecule has 1 amide bonds. The summed E-state index contributed by atoms with van der Waals surface area (Å²) in [6, 6.07) is 11.8. The number of hydrogen-bond donors (Lipinski definition) is 1. The number of amides is 1. The third-order valence-electron chi connectivity index (χ3n) is 3.18. The largest absolute Gasteiger partial charge is 0.348 e. The molecular formula is C16H16ClNO3S. The van der Waals surface area contributed by atoms with E-state index in [-0.39, 0.29) is 15.5 Å². The van der Waals surface area contributed by atoms with Crippen LogP contribution in [0.5, 0.6) is 0 Å². The number of halogens is 1. The number of aryl methyl sites for hydroxylation is 1. The van der Waals surface area contributed by atoms with Gasteiger partial charge in [0.1, 0.15) is 0 Å². The van der Waals surface area contributed by atoms with Crippen LogP contribution >= 0.6 is 11.6 Å². The number of sulfone groups is 1. The summed E-state index contributed by atoms with van der Waals surface area (Å²) in [4.78, 5) is 12.3. The van der Waals surface area contributed by atoms with E-state index in [1.54, 1.807) is 0 Å². The first kappa shape index (κ1) is 16.5. The van der Waals surface area contributed by atoms with Crippen LogP contribution < -0.4 is 5.32 Å². The molecule has 0 atom stereocenters. The van der Waals surface area contributed by atoms with Crippen molar-refractivity contribution < 1.29 is 13.2 Å². The van der Waals surface area contributed by atoms with Gasteiger partial charge in [0.15, 0.2) is 9.84 Å². The Morgan fingerprint density at radius 1 is 1.14 bits per heavy atom. The van der Waals surface area contributed by atoms with Gasteiger partial charge in [-0.15, -0.1) is 0 Å². The lowest BCUT2D eigenvalue weighted by molar-refractivity contribution is 0.0951. The Morgan fingerprint density at radius 3 is 2.36 bits per heavy atom. The van der Waals surface area contributed by atoms with Gasteiger partial charge in [-0.05, 0) is 30.7 Å². The molecule has 116 valence electrons. The Hall–Kier alpha value is -1.85. The van der Waals surface area contributed by atoms with Gasteiger partial charge in [-0.25, -0.2) is 8.42 Å². The zero-order valence-electron chi connectivity index (χ0n) is 12.3. The van der Waals surface area contributed by atoms with Crippen molar-refractivity contribution in [3.63, 3.8) is 0 Å². The molecule has 22 heavy (non-hydrogen) atoms. The summed E-state index contributed by atoms with van der Waals surface area (Å²) in [5.74, 6) is -0.406. The zero-order chi connectivity index (χ0) is 16.3. The van der Waals surface area contributed by atoms with E-state index < -0.39 is 15.7 Å². The maximum atomic E-state index is 12.2. The fourth-order valence-corrected chi connectivity index (χ4v) is 2.74. The summed E-state index contributed by atoms with van der Waals surface area (Å²) in [6.45, 7) is 2.33. The average Bonchev–Trinajstić information content (AvgIpc) is 2.45. The van der Waals surface area contributed by atoms with Crippen LogP contribution in [-0.2, 0) is 16.4 Å². The lowest BCUT2D eigenvalue weighted by Gasteiger charge is -2.08. The fraction of sp³-hybridized carbons (Fsp3) is 0.188. The van der Waals surface area contributed by atoms with Crippen LogP contribution in [0.2, 0.25) is 5.02 Å². The van der Waals surface area contributed by atoms with E-state index in [1.165, 1.54) is 18.2 Å². The second-order valence-electron chi connectivity index (χ2n) is 5.08. The van der Waals surface area contributed by atoms with E-state index in [2.05, 4.69) is 5.32 Å². The molecule has 0 aliphatic carbocycles. The summed E-state index contributed by atoms with van der Waals surface area (Å²) >= 11 is 5.99. The fourth-order valence-electron chi connectivity index (χ4n) is 1.89. The van der Waals surface area contributed by atoms with Crippen molar-refractivity contribution in [3.05, 3.63) is 64.2 Å². The second-order valence-corrected chi connectivity index (χ2v) is 7.51. The van der Waals surface area contributed by atoms with Crippen molar-refractivity contribution in [2.75, 3.05) is 6.26 Å². The van der Waals surface area contributed by atoms with E-state index in [4.69, 9.17) is 11.6 Å². The molecular weight excluding hydrogens is 322 g/mol. The van der Waals surface area contributed by atoms with Crippen molar-refractivity contribution in [2.24, 2.45) is 0 Å². The van der Waals surface area contributed by atoms with Crippen LogP contribution in [0.4, 0.5) is 0 Å². The Labute approximate surface area is 135 Å². The quantitative estimate of drug-likeness (QED) is 0.932. The molecule has 2 aromatic rings. The molecule has 0 fully saturated rings. The summed E-state index contributed by atoms with van der Waals surface area (Å²) < 4.78 is 23.1. The molecule has 0 aromatic heterocycles. The maximum absolute atomic E-state index is 12.2. The van der Waals surface area contributed by atoms with Crippen LogP contribution in [0.15, 0.2) is 47.4 Å². The number of rotatable bonds is 4. The smallest absolute Gasteiger partial charge is 0.253 e. The minimum absolute atomic E-state index is 0.0670. The number of benzene rings is 2. The number of nitrogens with one attached hydrogen (secondary N) is 1. The molecule has 1 N–H and O–H groups in total. The number of carbonyl (C=O) groups excluding carboxylic acids is 1. The summed E-state index contributed by atoms with van der Waals surface area (Å²) in [5.41, 5.74) is 2.24. The predicted octanol–water partition coefficient (Wildman–Crippen LogP) is 2.98. The molecule has 0 aliphatic rings. The average molecular weight is 338 g/mol. The van der Waals surface area contributed by atoms with Crippen molar-refractivity contribution in [1.82, 2.24) is 5.32 Å². The van der Waals surface area contributed by atoms with E-state index in [0.717, 1.165) is 17.4 Å². The van der Waals surface area contributed by atoms with Gasteiger partial charge in [0.2, 0.25) is 0 Å². The Morgan fingerprint density at radius 2 is 1.77 bits per heavy atom. The standard InChI is InChI=1S/C16H16ClNO3S/c1-11-3-5-12(6-4-11)10-18-16(19)14-9-13(22(2,20)21)7-8-15(14)17/h3-9H,10H2,1-2H3,(H,18,19). The van der Waals surface area contributed by atoms with Crippen LogP contribution in [0.25, 0.3) is 0 Å². The molecule has 0 unspecified atom stereocenters. The molecule has 2 aromatic carbocycles. The highest BCUT2D eigenvalue weighted by atomic mass is 35.5. The van der Waals surface area contributed by atoms with Crippen molar-refractivity contribution in [1.29, 1.82) is 0 Å². The Kier molecular flexibility index (Phi) is 4.88. The monoisotopic (exact) mass is 337 g/mol. The molecule has 0 heterocycles. The minimum Gasteiger partial charge on any atom is -0.348 e. The topological polar surface area (TPSA) is 63.2 Å². The Bertz CT molecular complexity index is 799.